The minimum absolute atomic E-state index is 0.208. The van der Waals surface area contributed by atoms with Gasteiger partial charge in [-0.05, 0) is 110 Å². The Kier molecular flexibility index (Phi) is 8.38. The van der Waals surface area contributed by atoms with Crippen molar-refractivity contribution in [3.05, 3.63) is 77.2 Å². The van der Waals surface area contributed by atoms with Gasteiger partial charge in [0.15, 0.2) is 0 Å². The zero-order valence-electron chi connectivity index (χ0n) is 24.3. The number of nitrogens with zero attached hydrogens (tertiary/aromatic N) is 1. The van der Waals surface area contributed by atoms with Crippen molar-refractivity contribution in [2.75, 3.05) is 0 Å². The second-order valence-electron chi connectivity index (χ2n) is 13.3. The highest BCUT2D eigenvalue weighted by Crippen LogP contribution is 2.60. The van der Waals surface area contributed by atoms with Crippen LogP contribution in [-0.4, -0.2) is 38.6 Å². The Balaban J connectivity index is 1.28. The molecule has 0 amide bonds. The largest absolute Gasteiger partial charge is 0.393 e. The number of aromatic nitrogens is 1. The molecule has 212 valence electrons. The van der Waals surface area contributed by atoms with Crippen LogP contribution in [0.1, 0.15) is 96.2 Å². The van der Waals surface area contributed by atoms with Crippen LogP contribution in [0.15, 0.2) is 65.9 Å². The van der Waals surface area contributed by atoms with Crippen LogP contribution in [0.2, 0.25) is 0 Å². The van der Waals surface area contributed by atoms with Crippen molar-refractivity contribution in [1.82, 2.24) is 4.98 Å². The molecular formula is C35H49NO3. The van der Waals surface area contributed by atoms with Crippen molar-refractivity contribution >= 4 is 0 Å². The fourth-order valence-electron chi connectivity index (χ4n) is 8.24. The summed E-state index contributed by atoms with van der Waals surface area (Å²) >= 11 is 0. The molecule has 1 aromatic heterocycles. The van der Waals surface area contributed by atoms with Crippen LogP contribution in [0.25, 0.3) is 0 Å². The standard InChI is InChI=1S/C35H49NO3/c1-5-7-25-15-19-36-32(20-25)35(17-18-35)33(39)14-9-23(2)29-12-13-30-26(8-6-16-34(29,30)4)10-11-27-21-28(37)22-31(38)24(27)3/h9-11,14-15,19-20,23,28-31,33,37-39H,3,5-8,12-13,16-18,21-22H2,1-2,4H3/t23-,28-,29-,30+,31+,33+,34-/m1/s1. The summed E-state index contributed by atoms with van der Waals surface area (Å²) in [6.45, 7) is 11.1. The Hall–Kier alpha value is -2.01. The van der Waals surface area contributed by atoms with E-state index in [0.29, 0.717) is 30.6 Å². The second-order valence-corrected chi connectivity index (χ2v) is 13.3. The summed E-state index contributed by atoms with van der Waals surface area (Å²) in [5.41, 5.74) is 5.70. The number of aryl methyl sites for hydroxylation is 1. The van der Waals surface area contributed by atoms with Gasteiger partial charge in [0.2, 0.25) is 0 Å². The van der Waals surface area contributed by atoms with Gasteiger partial charge in [-0.2, -0.15) is 0 Å². The zero-order chi connectivity index (χ0) is 27.8. The molecule has 3 N–H and O–H groups in total. The minimum Gasteiger partial charge on any atom is -0.393 e. The topological polar surface area (TPSA) is 73.6 Å². The summed E-state index contributed by atoms with van der Waals surface area (Å²) in [4.78, 5) is 4.68. The van der Waals surface area contributed by atoms with Gasteiger partial charge < -0.3 is 15.3 Å². The van der Waals surface area contributed by atoms with Gasteiger partial charge in [-0.1, -0.05) is 63.6 Å². The summed E-state index contributed by atoms with van der Waals surface area (Å²) in [6.07, 6.45) is 20.2. The number of pyridine rings is 1. The third kappa shape index (κ3) is 5.62. The number of hydrogen-bond acceptors (Lipinski definition) is 4. The molecule has 4 heteroatoms. The maximum absolute atomic E-state index is 11.3. The molecule has 0 unspecified atom stereocenters. The van der Waals surface area contributed by atoms with E-state index in [9.17, 15) is 15.3 Å². The molecule has 4 fully saturated rings. The van der Waals surface area contributed by atoms with E-state index in [1.807, 2.05) is 6.20 Å². The summed E-state index contributed by atoms with van der Waals surface area (Å²) in [6, 6.07) is 4.32. The number of aliphatic hydroxyl groups is 3. The number of hydrogen-bond donors (Lipinski definition) is 3. The van der Waals surface area contributed by atoms with Gasteiger partial charge in [0, 0.05) is 23.7 Å². The highest BCUT2D eigenvalue weighted by molar-refractivity contribution is 5.39. The van der Waals surface area contributed by atoms with Crippen LogP contribution in [0, 0.1) is 23.2 Å². The van der Waals surface area contributed by atoms with E-state index in [1.165, 1.54) is 36.8 Å². The van der Waals surface area contributed by atoms with Gasteiger partial charge in [0.25, 0.3) is 0 Å². The van der Waals surface area contributed by atoms with Crippen molar-refractivity contribution in [3.63, 3.8) is 0 Å². The Bertz CT molecular complexity index is 1140. The zero-order valence-corrected chi connectivity index (χ0v) is 24.3. The molecule has 1 aromatic rings. The number of fused-ring (bicyclic) bond motifs is 1. The Morgan fingerprint density at radius 1 is 1.15 bits per heavy atom. The van der Waals surface area contributed by atoms with Crippen molar-refractivity contribution in [1.29, 1.82) is 0 Å². The van der Waals surface area contributed by atoms with Crippen LogP contribution in [-0.2, 0) is 11.8 Å². The lowest BCUT2D eigenvalue weighted by molar-refractivity contribution is 0.0862. The molecule has 4 nitrogen and oxygen atoms in total. The quantitative estimate of drug-likeness (QED) is 0.324. The summed E-state index contributed by atoms with van der Waals surface area (Å²) in [5, 5.41) is 31.7. The predicted molar refractivity (Wildman–Crippen MR) is 158 cm³/mol. The summed E-state index contributed by atoms with van der Waals surface area (Å²) in [5.74, 6) is 1.57. The van der Waals surface area contributed by atoms with Gasteiger partial charge >= 0.3 is 0 Å². The lowest BCUT2D eigenvalue weighted by atomic mass is 9.61. The lowest BCUT2D eigenvalue weighted by Gasteiger charge is -2.44. The smallest absolute Gasteiger partial charge is 0.0832 e. The third-order valence-corrected chi connectivity index (χ3v) is 10.8. The van der Waals surface area contributed by atoms with E-state index in [2.05, 4.69) is 68.8 Å². The predicted octanol–water partition coefficient (Wildman–Crippen LogP) is 6.76. The average molecular weight is 532 g/mol. The van der Waals surface area contributed by atoms with Crippen LogP contribution < -0.4 is 0 Å². The highest BCUT2D eigenvalue weighted by Gasteiger charge is 2.52. The molecular weight excluding hydrogens is 482 g/mol. The molecule has 4 aliphatic rings. The first kappa shape index (κ1) is 28.5. The molecule has 0 radical (unpaired) electrons. The molecule has 1 heterocycles. The van der Waals surface area contributed by atoms with E-state index < -0.39 is 18.3 Å². The normalized spacial score (nSPS) is 35.9. The molecule has 0 aliphatic heterocycles. The maximum atomic E-state index is 11.3. The molecule has 0 saturated heterocycles. The van der Waals surface area contributed by atoms with E-state index in [0.717, 1.165) is 48.9 Å². The Morgan fingerprint density at radius 3 is 2.69 bits per heavy atom. The van der Waals surface area contributed by atoms with Gasteiger partial charge in [0.1, 0.15) is 0 Å². The molecule has 39 heavy (non-hydrogen) atoms. The number of allylic oxidation sites excluding steroid dienone is 4. The minimum atomic E-state index is -0.639. The SMILES string of the molecule is C=C1C(=CC=C2CCC[C@]3(C)[C@@H]([C@H](C)C=C[C@H](O)C4(c5cc(CCC)ccn5)CC4)CC[C@@H]23)C[C@@H](O)C[C@@H]1O. The molecule has 0 bridgehead atoms. The Morgan fingerprint density at radius 2 is 1.95 bits per heavy atom. The van der Waals surface area contributed by atoms with Crippen LogP contribution in [0.3, 0.4) is 0 Å². The molecule has 0 aromatic carbocycles. The maximum Gasteiger partial charge on any atom is 0.0832 e. The van der Waals surface area contributed by atoms with Crippen LogP contribution in [0.5, 0.6) is 0 Å². The van der Waals surface area contributed by atoms with E-state index >= 15 is 0 Å². The van der Waals surface area contributed by atoms with Crippen molar-refractivity contribution < 1.29 is 15.3 Å². The van der Waals surface area contributed by atoms with Crippen molar-refractivity contribution in [2.45, 2.75) is 115 Å². The molecule has 5 rings (SSSR count). The van der Waals surface area contributed by atoms with Gasteiger partial charge in [-0.25, -0.2) is 0 Å². The molecule has 4 aliphatic carbocycles. The molecule has 7 atom stereocenters. The molecule has 0 spiro atoms. The first-order chi connectivity index (χ1) is 18.7. The fraction of sp³-hybridized carbons (Fsp3) is 0.629. The van der Waals surface area contributed by atoms with Gasteiger partial charge in [-0.15, -0.1) is 0 Å². The molecule has 4 saturated carbocycles. The fourth-order valence-corrected chi connectivity index (χ4v) is 8.24. The monoisotopic (exact) mass is 531 g/mol. The lowest BCUT2D eigenvalue weighted by Crippen LogP contribution is -2.35. The Labute approximate surface area is 235 Å². The second kappa shape index (κ2) is 11.5. The van der Waals surface area contributed by atoms with Gasteiger partial charge in [-0.3, -0.25) is 4.98 Å². The van der Waals surface area contributed by atoms with E-state index in [1.54, 1.807) is 0 Å². The summed E-state index contributed by atoms with van der Waals surface area (Å²) < 4.78 is 0. The van der Waals surface area contributed by atoms with Crippen LogP contribution >= 0.6 is 0 Å². The first-order valence-electron chi connectivity index (χ1n) is 15.4. The summed E-state index contributed by atoms with van der Waals surface area (Å²) in [7, 11) is 0. The van der Waals surface area contributed by atoms with E-state index in [4.69, 9.17) is 0 Å². The third-order valence-electron chi connectivity index (χ3n) is 10.8. The van der Waals surface area contributed by atoms with Crippen LogP contribution in [0.4, 0.5) is 0 Å². The first-order valence-corrected chi connectivity index (χ1v) is 15.4. The number of aliphatic hydroxyl groups excluding tert-OH is 3. The van der Waals surface area contributed by atoms with Crippen molar-refractivity contribution in [2.24, 2.45) is 23.2 Å². The van der Waals surface area contributed by atoms with Crippen molar-refractivity contribution in [3.8, 4) is 0 Å². The highest BCUT2D eigenvalue weighted by atomic mass is 16.3. The van der Waals surface area contributed by atoms with E-state index in [-0.39, 0.29) is 10.8 Å². The van der Waals surface area contributed by atoms with Gasteiger partial charge in [0.05, 0.1) is 18.3 Å². The number of rotatable bonds is 8. The average Bonchev–Trinajstić information content (AvgIpc) is 3.65.